The minimum atomic E-state index is -4.46. The van der Waals surface area contributed by atoms with Crippen molar-refractivity contribution in [1.82, 2.24) is 0 Å². The monoisotopic (exact) mass is 348 g/mol. The molecular weight excluding hydrogens is 327 g/mol. The van der Waals surface area contributed by atoms with Crippen LogP contribution in [-0.4, -0.2) is 30.6 Å². The van der Waals surface area contributed by atoms with Crippen molar-refractivity contribution in [3.8, 4) is 0 Å². The third kappa shape index (κ3) is 4.10. The van der Waals surface area contributed by atoms with Crippen molar-refractivity contribution in [3.05, 3.63) is 29.6 Å². The summed E-state index contributed by atoms with van der Waals surface area (Å²) >= 11 is 0. The highest BCUT2D eigenvalue weighted by molar-refractivity contribution is 6.62. The quantitative estimate of drug-likeness (QED) is 0.615. The van der Waals surface area contributed by atoms with E-state index in [2.05, 4.69) is 0 Å². The van der Waals surface area contributed by atoms with E-state index < -0.39 is 36.4 Å². The summed E-state index contributed by atoms with van der Waals surface area (Å²) in [6.45, 7) is 8.00. The molecule has 0 aromatic heterocycles. The smallest absolute Gasteiger partial charge is 0.399 e. The van der Waals surface area contributed by atoms with Gasteiger partial charge < -0.3 is 14.0 Å². The van der Waals surface area contributed by atoms with Crippen LogP contribution in [0.15, 0.2) is 18.2 Å². The van der Waals surface area contributed by atoms with Gasteiger partial charge in [0.1, 0.15) is 5.82 Å². The van der Waals surface area contributed by atoms with Crippen LogP contribution in [0.4, 0.5) is 17.6 Å². The van der Waals surface area contributed by atoms with E-state index in [1.165, 1.54) is 12.1 Å². The molecule has 0 amide bonds. The molecule has 1 aromatic rings. The van der Waals surface area contributed by atoms with Crippen LogP contribution in [0.3, 0.4) is 0 Å². The summed E-state index contributed by atoms with van der Waals surface area (Å²) in [6, 6.07) is 3.92. The van der Waals surface area contributed by atoms with Gasteiger partial charge in [-0.25, -0.2) is 4.39 Å². The van der Waals surface area contributed by atoms with Crippen LogP contribution in [0.2, 0.25) is 0 Å². The fraction of sp³-hybridized carbons (Fsp3) is 0.625. The van der Waals surface area contributed by atoms with Gasteiger partial charge in [0, 0.05) is 0 Å². The highest BCUT2D eigenvalue weighted by Gasteiger charge is 2.51. The summed E-state index contributed by atoms with van der Waals surface area (Å²) < 4.78 is 67.7. The molecule has 8 heteroatoms. The van der Waals surface area contributed by atoms with Crippen LogP contribution in [0.5, 0.6) is 0 Å². The van der Waals surface area contributed by atoms with Gasteiger partial charge in [0.15, 0.2) is 6.10 Å². The van der Waals surface area contributed by atoms with Gasteiger partial charge in [-0.15, -0.1) is 0 Å². The Labute approximate surface area is 139 Å². The van der Waals surface area contributed by atoms with E-state index in [9.17, 15) is 17.6 Å². The fourth-order valence-corrected chi connectivity index (χ4v) is 2.19. The lowest BCUT2D eigenvalue weighted by atomic mass is 9.78. The van der Waals surface area contributed by atoms with Crippen molar-refractivity contribution >= 4 is 12.6 Å². The zero-order valence-electron chi connectivity index (χ0n) is 14.3. The molecule has 0 spiro atoms. The first-order chi connectivity index (χ1) is 10.8. The Morgan fingerprint density at radius 1 is 1.08 bits per heavy atom. The molecule has 2 rings (SSSR count). The average Bonchev–Trinajstić information content (AvgIpc) is 2.63. The van der Waals surface area contributed by atoms with Crippen molar-refractivity contribution in [2.75, 3.05) is 0 Å². The van der Waals surface area contributed by atoms with Crippen molar-refractivity contribution < 1.29 is 31.6 Å². The van der Waals surface area contributed by atoms with Crippen LogP contribution < -0.4 is 5.46 Å². The minimum Gasteiger partial charge on any atom is -0.399 e. The number of halogens is 4. The molecule has 0 saturated carbocycles. The summed E-state index contributed by atoms with van der Waals surface area (Å²) in [5, 5.41) is 0. The predicted octanol–water partition coefficient (Wildman–Crippen LogP) is 3.59. The van der Waals surface area contributed by atoms with E-state index in [0.717, 1.165) is 13.0 Å². The first-order valence-corrected chi connectivity index (χ1v) is 7.65. The third-order valence-electron chi connectivity index (χ3n) is 4.47. The Bertz CT molecular complexity index is 585. The molecule has 1 atom stereocenters. The molecule has 1 aliphatic heterocycles. The first kappa shape index (κ1) is 19.2. The van der Waals surface area contributed by atoms with Gasteiger partial charge in [0.05, 0.1) is 17.8 Å². The van der Waals surface area contributed by atoms with E-state index in [0.29, 0.717) is 5.46 Å². The van der Waals surface area contributed by atoms with E-state index in [1.54, 1.807) is 0 Å². The largest absolute Gasteiger partial charge is 0.494 e. The van der Waals surface area contributed by atoms with E-state index in [4.69, 9.17) is 14.0 Å². The normalized spacial score (nSPS) is 21.1. The third-order valence-corrected chi connectivity index (χ3v) is 4.47. The second kappa shape index (κ2) is 6.31. The van der Waals surface area contributed by atoms with E-state index in [1.807, 2.05) is 27.7 Å². The summed E-state index contributed by atoms with van der Waals surface area (Å²) in [6.07, 6.45) is -6.39. The lowest BCUT2D eigenvalue weighted by Gasteiger charge is -2.32. The molecule has 1 aliphatic rings. The first-order valence-electron chi connectivity index (χ1n) is 7.65. The molecule has 134 valence electrons. The Morgan fingerprint density at radius 2 is 1.62 bits per heavy atom. The van der Waals surface area contributed by atoms with Crippen LogP contribution in [-0.2, 0) is 20.7 Å². The van der Waals surface area contributed by atoms with Gasteiger partial charge in [0.2, 0.25) is 0 Å². The number of benzene rings is 1. The standard InChI is InChI=1S/C16H21BF4O3/c1-10(16(19,20)21)22-9-11-6-12(8-13(18)7-11)17-23-14(2,3)15(4,5)24-17/h6-8,10H,9H2,1-5H3. The molecule has 1 heterocycles. The summed E-state index contributed by atoms with van der Waals surface area (Å²) in [7, 11) is -0.788. The zero-order chi connectivity index (χ0) is 18.3. The van der Waals surface area contributed by atoms with Crippen molar-refractivity contribution in [2.24, 2.45) is 0 Å². The molecule has 0 aliphatic carbocycles. The topological polar surface area (TPSA) is 27.7 Å². The number of hydrogen-bond acceptors (Lipinski definition) is 3. The summed E-state index contributed by atoms with van der Waals surface area (Å²) in [5.41, 5.74) is -0.487. The zero-order valence-corrected chi connectivity index (χ0v) is 14.3. The van der Waals surface area contributed by atoms with Crippen LogP contribution in [0.1, 0.15) is 40.2 Å². The number of rotatable bonds is 4. The molecule has 24 heavy (non-hydrogen) atoms. The van der Waals surface area contributed by atoms with Crippen molar-refractivity contribution in [1.29, 1.82) is 0 Å². The Hall–Kier alpha value is -1.12. The van der Waals surface area contributed by atoms with Crippen LogP contribution in [0.25, 0.3) is 0 Å². The van der Waals surface area contributed by atoms with E-state index in [-0.39, 0.29) is 12.2 Å². The number of alkyl halides is 3. The molecule has 1 unspecified atom stereocenters. The molecule has 0 radical (unpaired) electrons. The second-order valence-electron chi connectivity index (χ2n) is 6.98. The lowest BCUT2D eigenvalue weighted by molar-refractivity contribution is -0.217. The van der Waals surface area contributed by atoms with Gasteiger partial charge in [-0.1, -0.05) is 6.07 Å². The fourth-order valence-electron chi connectivity index (χ4n) is 2.19. The van der Waals surface area contributed by atoms with Crippen LogP contribution >= 0.6 is 0 Å². The lowest BCUT2D eigenvalue weighted by Crippen LogP contribution is -2.41. The number of ether oxygens (including phenoxy) is 1. The van der Waals surface area contributed by atoms with Crippen molar-refractivity contribution in [2.45, 2.75) is 64.7 Å². The molecule has 1 saturated heterocycles. The SMILES string of the molecule is CC(OCc1cc(F)cc(B2OC(C)(C)C(C)(C)O2)c1)C(F)(F)F. The van der Waals surface area contributed by atoms with Gasteiger partial charge in [-0.05, 0) is 57.8 Å². The maximum absolute atomic E-state index is 13.8. The predicted molar refractivity (Wildman–Crippen MR) is 82.4 cm³/mol. The van der Waals surface area contributed by atoms with Crippen molar-refractivity contribution in [3.63, 3.8) is 0 Å². The van der Waals surface area contributed by atoms with Gasteiger partial charge >= 0.3 is 13.3 Å². The highest BCUT2D eigenvalue weighted by atomic mass is 19.4. The molecule has 0 N–H and O–H groups in total. The maximum Gasteiger partial charge on any atom is 0.494 e. The van der Waals surface area contributed by atoms with Crippen LogP contribution in [0, 0.1) is 5.82 Å². The molecule has 1 fully saturated rings. The van der Waals surface area contributed by atoms with Gasteiger partial charge in [-0.3, -0.25) is 0 Å². The Kier molecular flexibility index (Phi) is 5.05. The minimum absolute atomic E-state index is 0.288. The molecule has 0 bridgehead atoms. The second-order valence-corrected chi connectivity index (χ2v) is 6.98. The molecule has 1 aromatic carbocycles. The van der Waals surface area contributed by atoms with Gasteiger partial charge in [0.25, 0.3) is 0 Å². The summed E-state index contributed by atoms with van der Waals surface area (Å²) in [4.78, 5) is 0. The molecular formula is C16H21BF4O3. The summed E-state index contributed by atoms with van der Waals surface area (Å²) in [5.74, 6) is -0.583. The maximum atomic E-state index is 13.8. The van der Waals surface area contributed by atoms with Gasteiger partial charge in [-0.2, -0.15) is 13.2 Å². The van der Waals surface area contributed by atoms with E-state index >= 15 is 0 Å². The average molecular weight is 348 g/mol. The molecule has 3 nitrogen and oxygen atoms in total. The Morgan fingerprint density at radius 3 is 2.12 bits per heavy atom. The Balaban J connectivity index is 2.15. The highest BCUT2D eigenvalue weighted by Crippen LogP contribution is 2.36. The number of hydrogen-bond donors (Lipinski definition) is 0.